The summed E-state index contributed by atoms with van der Waals surface area (Å²) in [6, 6.07) is 27.9. The molecule has 1 amide bonds. The Balaban J connectivity index is 1.43. The molecule has 0 unspecified atom stereocenters. The minimum Gasteiger partial charge on any atom is -0.490 e. The molecule has 0 aromatic heterocycles. The lowest BCUT2D eigenvalue weighted by Crippen LogP contribution is -2.13. The number of carbonyl (C=O) groups excluding carboxylic acids is 1. The van der Waals surface area contributed by atoms with Gasteiger partial charge in [0.2, 0.25) is 0 Å². The molecule has 0 atom stereocenters. The number of nitrogens with zero attached hydrogens (tertiary/aromatic N) is 1. The van der Waals surface area contributed by atoms with Crippen LogP contribution in [0.2, 0.25) is 5.02 Å². The Hall–Kier alpha value is -3.52. The minimum atomic E-state index is -0.522. The number of ether oxygens (including phenoxy) is 3. The second-order valence-corrected chi connectivity index (χ2v) is 11.3. The van der Waals surface area contributed by atoms with Crippen LogP contribution in [0.15, 0.2) is 95.0 Å². The predicted molar refractivity (Wildman–Crippen MR) is 173 cm³/mol. The normalized spacial score (nSPS) is 11.0. The Kier molecular flexibility index (Phi) is 11.1. The van der Waals surface area contributed by atoms with Crippen LogP contribution in [0.25, 0.3) is 6.08 Å². The molecule has 208 valence electrons. The Labute approximate surface area is 266 Å². The summed E-state index contributed by atoms with van der Waals surface area (Å²) in [5.74, 6) is 1.27. The number of halogens is 3. The number of rotatable bonds is 11. The van der Waals surface area contributed by atoms with Gasteiger partial charge in [-0.2, -0.15) is 5.26 Å². The molecule has 0 spiro atoms. The molecular weight excluding hydrogens is 719 g/mol. The smallest absolute Gasteiger partial charge is 0.266 e. The molecule has 0 fully saturated rings. The molecule has 0 saturated carbocycles. The van der Waals surface area contributed by atoms with Gasteiger partial charge in [0.15, 0.2) is 11.5 Å². The summed E-state index contributed by atoms with van der Waals surface area (Å²) < 4.78 is 19.5. The highest BCUT2D eigenvalue weighted by atomic mass is 127. The summed E-state index contributed by atoms with van der Waals surface area (Å²) in [5, 5.41) is 13.2. The highest BCUT2D eigenvalue weighted by Gasteiger charge is 2.15. The van der Waals surface area contributed by atoms with Gasteiger partial charge in [0.1, 0.15) is 30.6 Å². The third-order valence-corrected chi connectivity index (χ3v) is 7.32. The molecule has 4 aromatic carbocycles. The number of carbonyl (C=O) groups is 1. The van der Waals surface area contributed by atoms with Crippen molar-refractivity contribution in [2.24, 2.45) is 0 Å². The zero-order valence-electron chi connectivity index (χ0n) is 22.0. The standard InChI is InChI=1S/C32H25BrClIN2O4/c1-2-39-30-17-23(16-29(35)31(30)41-20-21-3-7-25(33)8-4-21)15-24(18-36)32(38)37-27-11-13-28(14-12-27)40-19-22-5-9-26(34)10-6-22/h3-17H,2,19-20H2,1H3,(H,37,38)/b24-15+. The van der Waals surface area contributed by atoms with Crippen molar-refractivity contribution in [2.75, 3.05) is 11.9 Å². The van der Waals surface area contributed by atoms with E-state index in [1.165, 1.54) is 6.08 Å². The second kappa shape index (κ2) is 14.9. The molecular formula is C32H25BrClIN2O4. The lowest BCUT2D eigenvalue weighted by atomic mass is 10.1. The topological polar surface area (TPSA) is 80.6 Å². The minimum absolute atomic E-state index is 0.0464. The van der Waals surface area contributed by atoms with E-state index in [1.54, 1.807) is 30.3 Å². The van der Waals surface area contributed by atoms with Crippen molar-refractivity contribution in [1.82, 2.24) is 0 Å². The molecule has 0 aliphatic carbocycles. The number of benzene rings is 4. The quantitative estimate of drug-likeness (QED) is 0.0944. The summed E-state index contributed by atoms with van der Waals surface area (Å²) >= 11 is 11.5. The predicted octanol–water partition coefficient (Wildman–Crippen LogP) is 8.81. The SMILES string of the molecule is CCOc1cc(/C=C(\C#N)C(=O)Nc2ccc(OCc3ccc(Cl)cc3)cc2)cc(I)c1OCc1ccc(Br)cc1. The molecule has 9 heteroatoms. The van der Waals surface area contributed by atoms with Gasteiger partial charge in [0.05, 0.1) is 10.2 Å². The first kappa shape index (κ1) is 30.4. The van der Waals surface area contributed by atoms with E-state index >= 15 is 0 Å². The van der Waals surface area contributed by atoms with Gasteiger partial charge in [-0.05, 0) is 113 Å². The van der Waals surface area contributed by atoms with Gasteiger partial charge in [0.25, 0.3) is 5.91 Å². The van der Waals surface area contributed by atoms with Crippen molar-refractivity contribution in [2.45, 2.75) is 20.1 Å². The monoisotopic (exact) mass is 742 g/mol. The highest BCUT2D eigenvalue weighted by molar-refractivity contribution is 14.1. The number of amides is 1. The van der Waals surface area contributed by atoms with Crippen molar-refractivity contribution < 1.29 is 19.0 Å². The van der Waals surface area contributed by atoms with Gasteiger partial charge in [-0.15, -0.1) is 0 Å². The third-order valence-electron chi connectivity index (χ3n) is 5.74. The average molecular weight is 744 g/mol. The van der Waals surface area contributed by atoms with Gasteiger partial charge in [0, 0.05) is 15.2 Å². The largest absolute Gasteiger partial charge is 0.490 e. The molecule has 0 bridgehead atoms. The van der Waals surface area contributed by atoms with E-state index in [-0.39, 0.29) is 5.57 Å². The molecule has 0 aliphatic rings. The van der Waals surface area contributed by atoms with E-state index in [2.05, 4.69) is 43.8 Å². The van der Waals surface area contributed by atoms with Gasteiger partial charge >= 0.3 is 0 Å². The van der Waals surface area contributed by atoms with Gasteiger partial charge in [-0.25, -0.2) is 0 Å². The molecule has 0 saturated heterocycles. The molecule has 41 heavy (non-hydrogen) atoms. The highest BCUT2D eigenvalue weighted by Crippen LogP contribution is 2.35. The lowest BCUT2D eigenvalue weighted by Gasteiger charge is -2.15. The van der Waals surface area contributed by atoms with Crippen molar-refractivity contribution >= 4 is 67.8 Å². The fourth-order valence-electron chi connectivity index (χ4n) is 3.71. The van der Waals surface area contributed by atoms with Crippen LogP contribution in [0, 0.1) is 14.9 Å². The van der Waals surface area contributed by atoms with Crippen LogP contribution in [0.4, 0.5) is 5.69 Å². The molecule has 0 heterocycles. The molecule has 0 aliphatic heterocycles. The van der Waals surface area contributed by atoms with E-state index in [0.29, 0.717) is 53.3 Å². The number of nitrogens with one attached hydrogen (secondary N) is 1. The van der Waals surface area contributed by atoms with Crippen molar-refractivity contribution in [3.05, 3.63) is 120 Å². The van der Waals surface area contributed by atoms with Crippen LogP contribution in [0.1, 0.15) is 23.6 Å². The fraction of sp³-hybridized carbons (Fsp3) is 0.125. The Morgan fingerprint density at radius 1 is 0.951 bits per heavy atom. The summed E-state index contributed by atoms with van der Waals surface area (Å²) in [7, 11) is 0. The van der Waals surface area contributed by atoms with E-state index in [4.69, 9.17) is 25.8 Å². The zero-order chi connectivity index (χ0) is 29.2. The maximum atomic E-state index is 12.9. The van der Waals surface area contributed by atoms with Crippen LogP contribution >= 0.6 is 50.1 Å². The third kappa shape index (κ3) is 8.98. The number of anilines is 1. The Bertz CT molecular complexity index is 1570. The average Bonchev–Trinajstić information content (AvgIpc) is 2.97. The van der Waals surface area contributed by atoms with E-state index in [1.807, 2.05) is 67.6 Å². The van der Waals surface area contributed by atoms with E-state index in [9.17, 15) is 10.1 Å². The first-order valence-corrected chi connectivity index (χ1v) is 14.8. The van der Waals surface area contributed by atoms with Crippen molar-refractivity contribution in [3.8, 4) is 23.3 Å². The molecule has 6 nitrogen and oxygen atoms in total. The molecule has 4 rings (SSSR count). The van der Waals surface area contributed by atoms with Crippen LogP contribution in [0.5, 0.6) is 17.2 Å². The fourth-order valence-corrected chi connectivity index (χ4v) is 4.88. The van der Waals surface area contributed by atoms with Crippen molar-refractivity contribution in [1.29, 1.82) is 5.26 Å². The summed E-state index contributed by atoms with van der Waals surface area (Å²) in [4.78, 5) is 12.9. The van der Waals surface area contributed by atoms with Gasteiger partial charge in [-0.1, -0.05) is 51.8 Å². The first-order chi connectivity index (χ1) is 19.8. The maximum absolute atomic E-state index is 12.9. The lowest BCUT2D eigenvalue weighted by molar-refractivity contribution is -0.112. The first-order valence-electron chi connectivity index (χ1n) is 12.6. The van der Waals surface area contributed by atoms with Crippen LogP contribution in [-0.4, -0.2) is 12.5 Å². The van der Waals surface area contributed by atoms with Gasteiger partial charge < -0.3 is 19.5 Å². The number of nitriles is 1. The van der Waals surface area contributed by atoms with Gasteiger partial charge in [-0.3, -0.25) is 4.79 Å². The molecule has 4 aromatic rings. The van der Waals surface area contributed by atoms with E-state index in [0.717, 1.165) is 19.2 Å². The maximum Gasteiger partial charge on any atom is 0.266 e. The summed E-state index contributed by atoms with van der Waals surface area (Å²) in [5.41, 5.74) is 3.14. The van der Waals surface area contributed by atoms with Crippen LogP contribution < -0.4 is 19.5 Å². The second-order valence-electron chi connectivity index (χ2n) is 8.74. The summed E-state index contributed by atoms with van der Waals surface area (Å²) in [6.07, 6.45) is 1.53. The molecule has 0 radical (unpaired) electrons. The van der Waals surface area contributed by atoms with Crippen molar-refractivity contribution in [3.63, 3.8) is 0 Å². The summed E-state index contributed by atoms with van der Waals surface area (Å²) in [6.45, 7) is 3.08. The van der Waals surface area contributed by atoms with Crippen LogP contribution in [0.3, 0.4) is 0 Å². The van der Waals surface area contributed by atoms with Crippen LogP contribution in [-0.2, 0) is 18.0 Å². The van der Waals surface area contributed by atoms with E-state index < -0.39 is 5.91 Å². The Morgan fingerprint density at radius 3 is 2.22 bits per heavy atom. The number of hydrogen-bond acceptors (Lipinski definition) is 5. The molecule has 1 N–H and O–H groups in total. The zero-order valence-corrected chi connectivity index (χ0v) is 26.5. The number of hydrogen-bond donors (Lipinski definition) is 1. The Morgan fingerprint density at radius 2 is 1.59 bits per heavy atom.